The number of hydrogen-bond acceptors (Lipinski definition) is 4. The Hall–Kier alpha value is -1.52. The molecule has 0 aliphatic heterocycles. The summed E-state index contributed by atoms with van der Waals surface area (Å²) >= 11 is 5.72. The van der Waals surface area contributed by atoms with E-state index < -0.39 is 0 Å². The van der Waals surface area contributed by atoms with E-state index in [-0.39, 0.29) is 0 Å². The molecule has 0 bridgehead atoms. The first-order chi connectivity index (χ1) is 8.78. The van der Waals surface area contributed by atoms with E-state index in [4.69, 9.17) is 11.6 Å². The normalized spacial score (nSPS) is 10.8. The maximum absolute atomic E-state index is 5.72. The lowest BCUT2D eigenvalue weighted by molar-refractivity contribution is 0.267. The summed E-state index contributed by atoms with van der Waals surface area (Å²) in [6.07, 6.45) is 6.92. The van der Waals surface area contributed by atoms with Crippen LogP contribution in [0.2, 0.25) is 5.15 Å². The molecule has 0 aliphatic rings. The molecule has 0 aromatic carbocycles. The largest absolute Gasteiger partial charge is 0.293 e. The molecule has 2 aromatic heterocycles. The molecule has 0 saturated carbocycles. The van der Waals surface area contributed by atoms with Gasteiger partial charge in [-0.1, -0.05) is 18.5 Å². The van der Waals surface area contributed by atoms with Crippen LogP contribution in [0.3, 0.4) is 0 Å². The molecule has 0 aliphatic carbocycles. The van der Waals surface area contributed by atoms with Crippen molar-refractivity contribution >= 4 is 11.6 Å². The average molecular weight is 263 g/mol. The zero-order valence-electron chi connectivity index (χ0n) is 10.3. The summed E-state index contributed by atoms with van der Waals surface area (Å²) in [5.74, 6) is 0. The zero-order valence-corrected chi connectivity index (χ0v) is 11.0. The van der Waals surface area contributed by atoms with Crippen molar-refractivity contribution in [3.05, 3.63) is 53.3 Å². The van der Waals surface area contributed by atoms with E-state index in [0.29, 0.717) is 5.15 Å². The van der Waals surface area contributed by atoms with E-state index >= 15 is 0 Å². The lowest BCUT2D eigenvalue weighted by Gasteiger charge is -2.19. The molecule has 2 rings (SSSR count). The van der Waals surface area contributed by atoms with Crippen molar-refractivity contribution in [1.29, 1.82) is 0 Å². The van der Waals surface area contributed by atoms with Crippen molar-refractivity contribution in [2.75, 3.05) is 6.54 Å². The van der Waals surface area contributed by atoms with E-state index in [1.54, 1.807) is 12.4 Å². The fraction of sp³-hybridized carbons (Fsp3) is 0.308. The van der Waals surface area contributed by atoms with Crippen LogP contribution >= 0.6 is 11.6 Å². The third-order valence-corrected chi connectivity index (χ3v) is 2.86. The minimum Gasteiger partial charge on any atom is -0.293 e. The van der Waals surface area contributed by atoms with Gasteiger partial charge in [-0.2, -0.15) is 0 Å². The van der Waals surface area contributed by atoms with Crippen molar-refractivity contribution in [2.24, 2.45) is 0 Å². The van der Waals surface area contributed by atoms with Crippen LogP contribution in [0.1, 0.15) is 18.2 Å². The van der Waals surface area contributed by atoms with Gasteiger partial charge in [0.15, 0.2) is 0 Å². The lowest BCUT2D eigenvalue weighted by Crippen LogP contribution is -2.22. The van der Waals surface area contributed by atoms with Gasteiger partial charge in [0.2, 0.25) is 0 Å². The zero-order chi connectivity index (χ0) is 12.8. The summed E-state index contributed by atoms with van der Waals surface area (Å²) in [7, 11) is 0. The maximum Gasteiger partial charge on any atom is 0.147 e. The molecule has 0 radical (unpaired) electrons. The van der Waals surface area contributed by atoms with Gasteiger partial charge in [0.05, 0.1) is 18.1 Å². The third kappa shape index (κ3) is 3.75. The Labute approximate surface area is 112 Å². The highest BCUT2D eigenvalue weighted by atomic mass is 35.5. The molecular formula is C13H15ClN4. The van der Waals surface area contributed by atoms with E-state index in [1.807, 2.05) is 24.5 Å². The number of pyridine rings is 1. The van der Waals surface area contributed by atoms with Gasteiger partial charge in [-0.15, -0.1) is 0 Å². The van der Waals surface area contributed by atoms with Crippen LogP contribution in [0.5, 0.6) is 0 Å². The number of nitrogens with zero attached hydrogens (tertiary/aromatic N) is 4. The number of hydrogen-bond donors (Lipinski definition) is 0. The van der Waals surface area contributed by atoms with Gasteiger partial charge in [0.1, 0.15) is 5.15 Å². The summed E-state index contributed by atoms with van der Waals surface area (Å²) in [6.45, 7) is 4.73. The molecular weight excluding hydrogens is 248 g/mol. The Kier molecular flexibility index (Phi) is 4.61. The molecule has 18 heavy (non-hydrogen) atoms. The van der Waals surface area contributed by atoms with Crippen molar-refractivity contribution < 1.29 is 0 Å². The number of rotatable bonds is 5. The van der Waals surface area contributed by atoms with E-state index in [1.165, 1.54) is 5.56 Å². The molecule has 0 spiro atoms. The molecule has 94 valence electrons. The molecule has 0 atom stereocenters. The standard InChI is InChI=1S/C13H15ClN4/c1-2-18(9-11-3-5-15-6-4-11)10-12-7-17-13(14)8-16-12/h3-8H,2,9-10H2,1H3. The van der Waals surface area contributed by atoms with Crippen LogP contribution in [0.4, 0.5) is 0 Å². The van der Waals surface area contributed by atoms with Crippen molar-refractivity contribution in [2.45, 2.75) is 20.0 Å². The minimum absolute atomic E-state index is 0.427. The topological polar surface area (TPSA) is 41.9 Å². The first-order valence-electron chi connectivity index (χ1n) is 5.85. The summed E-state index contributed by atoms with van der Waals surface area (Å²) in [5.41, 5.74) is 2.17. The Morgan fingerprint density at radius 3 is 2.50 bits per heavy atom. The van der Waals surface area contributed by atoms with Gasteiger partial charge >= 0.3 is 0 Å². The Morgan fingerprint density at radius 1 is 1.11 bits per heavy atom. The van der Waals surface area contributed by atoms with Gasteiger partial charge in [-0.3, -0.25) is 14.9 Å². The van der Waals surface area contributed by atoms with E-state index in [0.717, 1.165) is 25.3 Å². The molecule has 2 heterocycles. The SMILES string of the molecule is CCN(Cc1ccncc1)Cc1cnc(Cl)cn1. The second-order valence-electron chi connectivity index (χ2n) is 3.99. The monoisotopic (exact) mass is 262 g/mol. The fourth-order valence-electron chi connectivity index (χ4n) is 1.68. The van der Waals surface area contributed by atoms with Crippen LogP contribution in [0.15, 0.2) is 36.9 Å². The highest BCUT2D eigenvalue weighted by Gasteiger charge is 2.06. The molecule has 0 N–H and O–H groups in total. The summed E-state index contributed by atoms with van der Waals surface area (Å²) in [4.78, 5) is 14.6. The predicted octanol–water partition coefficient (Wildman–Crippen LogP) is 2.55. The maximum atomic E-state index is 5.72. The highest BCUT2D eigenvalue weighted by Crippen LogP contribution is 2.08. The summed E-state index contributed by atoms with van der Waals surface area (Å²) < 4.78 is 0. The predicted molar refractivity (Wildman–Crippen MR) is 71.1 cm³/mol. The number of halogens is 1. The van der Waals surface area contributed by atoms with Crippen LogP contribution in [-0.2, 0) is 13.1 Å². The van der Waals surface area contributed by atoms with Crippen LogP contribution in [-0.4, -0.2) is 26.4 Å². The Balaban J connectivity index is 1.99. The highest BCUT2D eigenvalue weighted by molar-refractivity contribution is 6.29. The quantitative estimate of drug-likeness (QED) is 0.831. The Morgan fingerprint density at radius 2 is 1.89 bits per heavy atom. The van der Waals surface area contributed by atoms with Crippen molar-refractivity contribution in [1.82, 2.24) is 19.9 Å². The first kappa shape index (κ1) is 12.9. The van der Waals surface area contributed by atoms with E-state index in [9.17, 15) is 0 Å². The average Bonchev–Trinajstić information content (AvgIpc) is 2.41. The van der Waals surface area contributed by atoms with Gasteiger partial charge in [-0.05, 0) is 24.2 Å². The molecule has 0 saturated heterocycles. The smallest absolute Gasteiger partial charge is 0.147 e. The number of aromatic nitrogens is 3. The van der Waals surface area contributed by atoms with Crippen molar-refractivity contribution in [3.63, 3.8) is 0 Å². The fourth-order valence-corrected chi connectivity index (χ4v) is 1.77. The van der Waals surface area contributed by atoms with E-state index in [2.05, 4.69) is 26.8 Å². The lowest BCUT2D eigenvalue weighted by atomic mass is 10.2. The summed E-state index contributed by atoms with van der Waals surface area (Å²) in [5, 5.41) is 0.427. The molecule has 4 nitrogen and oxygen atoms in total. The second-order valence-corrected chi connectivity index (χ2v) is 4.38. The molecule has 2 aromatic rings. The summed E-state index contributed by atoms with van der Waals surface area (Å²) in [6, 6.07) is 4.05. The third-order valence-electron chi connectivity index (χ3n) is 2.66. The molecule has 5 heteroatoms. The molecule has 0 unspecified atom stereocenters. The second kappa shape index (κ2) is 6.42. The van der Waals surface area contributed by atoms with Crippen LogP contribution < -0.4 is 0 Å². The molecule has 0 amide bonds. The van der Waals surface area contributed by atoms with Crippen LogP contribution in [0.25, 0.3) is 0 Å². The van der Waals surface area contributed by atoms with Crippen molar-refractivity contribution in [3.8, 4) is 0 Å². The van der Waals surface area contributed by atoms with Gasteiger partial charge in [-0.25, -0.2) is 4.98 Å². The molecule has 0 fully saturated rings. The van der Waals surface area contributed by atoms with Crippen LogP contribution in [0, 0.1) is 0 Å². The van der Waals surface area contributed by atoms with Gasteiger partial charge in [0, 0.05) is 25.5 Å². The minimum atomic E-state index is 0.427. The van der Waals surface area contributed by atoms with Gasteiger partial charge < -0.3 is 0 Å². The first-order valence-corrected chi connectivity index (χ1v) is 6.23. The Bertz CT molecular complexity index is 472. The van der Waals surface area contributed by atoms with Gasteiger partial charge in [0.25, 0.3) is 0 Å².